The van der Waals surface area contributed by atoms with Gasteiger partial charge >= 0.3 is 0 Å². The highest BCUT2D eigenvalue weighted by atomic mass is 16.5. The van der Waals surface area contributed by atoms with Gasteiger partial charge in [-0.25, -0.2) is 4.99 Å². The molecule has 0 saturated carbocycles. The monoisotopic (exact) mass is 293 g/mol. The first-order valence-corrected chi connectivity index (χ1v) is 7.33. The van der Waals surface area contributed by atoms with Crippen LogP contribution in [0.3, 0.4) is 0 Å². The van der Waals surface area contributed by atoms with Crippen molar-refractivity contribution in [3.8, 4) is 11.8 Å². The molecule has 0 saturated heterocycles. The average Bonchev–Trinajstić information content (AvgIpc) is 2.55. The molecular formula is C18H19N3O. The Morgan fingerprint density at radius 2 is 2.23 bits per heavy atom. The van der Waals surface area contributed by atoms with Crippen molar-refractivity contribution in [2.24, 2.45) is 4.99 Å². The van der Waals surface area contributed by atoms with Crippen molar-refractivity contribution in [2.75, 3.05) is 0 Å². The first-order valence-electron chi connectivity index (χ1n) is 7.33. The summed E-state index contributed by atoms with van der Waals surface area (Å²) in [5.41, 5.74) is 3.40. The number of pyridine rings is 1. The molecule has 1 aromatic heterocycles. The van der Waals surface area contributed by atoms with Crippen molar-refractivity contribution in [2.45, 2.75) is 33.3 Å². The van der Waals surface area contributed by atoms with Gasteiger partial charge in [-0.05, 0) is 49.6 Å². The minimum absolute atomic E-state index is 0.481. The summed E-state index contributed by atoms with van der Waals surface area (Å²) in [7, 11) is 0. The number of aryl methyl sites for hydroxylation is 1. The van der Waals surface area contributed by atoms with Crippen LogP contribution in [0.2, 0.25) is 0 Å². The normalized spacial score (nSPS) is 11.0. The van der Waals surface area contributed by atoms with Gasteiger partial charge in [0.15, 0.2) is 0 Å². The van der Waals surface area contributed by atoms with Gasteiger partial charge in [-0.3, -0.25) is 4.98 Å². The zero-order valence-corrected chi connectivity index (χ0v) is 12.9. The van der Waals surface area contributed by atoms with E-state index in [4.69, 9.17) is 10.00 Å². The highest BCUT2D eigenvalue weighted by Crippen LogP contribution is 2.25. The van der Waals surface area contributed by atoms with Crippen molar-refractivity contribution in [3.63, 3.8) is 0 Å². The fraction of sp³-hybridized carbons (Fsp3) is 0.278. The molecule has 0 fully saturated rings. The molecule has 4 nitrogen and oxygen atoms in total. The second-order valence-electron chi connectivity index (χ2n) is 5.02. The summed E-state index contributed by atoms with van der Waals surface area (Å²) in [4.78, 5) is 8.48. The van der Waals surface area contributed by atoms with E-state index in [1.165, 1.54) is 0 Å². The van der Waals surface area contributed by atoms with Crippen LogP contribution in [0.1, 0.15) is 30.9 Å². The van der Waals surface area contributed by atoms with Crippen LogP contribution >= 0.6 is 0 Å². The first kappa shape index (κ1) is 15.7. The van der Waals surface area contributed by atoms with E-state index < -0.39 is 0 Å². The summed E-state index contributed by atoms with van der Waals surface area (Å²) in [6.45, 7) is 4.49. The van der Waals surface area contributed by atoms with Gasteiger partial charge < -0.3 is 4.74 Å². The summed E-state index contributed by atoms with van der Waals surface area (Å²) >= 11 is 0. The number of nitrogens with zero attached hydrogens (tertiary/aromatic N) is 3. The van der Waals surface area contributed by atoms with E-state index in [9.17, 15) is 0 Å². The number of ether oxygens (including phenoxy) is 1. The minimum atomic E-state index is 0.481. The molecule has 22 heavy (non-hydrogen) atoms. The van der Waals surface area contributed by atoms with Crippen LogP contribution < -0.4 is 4.74 Å². The van der Waals surface area contributed by atoms with E-state index in [1.807, 2.05) is 44.2 Å². The van der Waals surface area contributed by atoms with E-state index in [1.54, 1.807) is 12.4 Å². The molecule has 1 heterocycles. The van der Waals surface area contributed by atoms with Crippen LogP contribution in [0.4, 0.5) is 5.69 Å². The number of aliphatic imine (C=N–C) groups is 1. The summed E-state index contributed by atoms with van der Waals surface area (Å²) in [5.74, 6) is 0.786. The van der Waals surface area contributed by atoms with Crippen LogP contribution in [0.25, 0.3) is 0 Å². The molecule has 0 aliphatic heterocycles. The molecule has 1 aromatic carbocycles. The molecule has 0 spiro atoms. The van der Waals surface area contributed by atoms with E-state index in [0.29, 0.717) is 18.7 Å². The predicted octanol–water partition coefficient (Wildman–Crippen LogP) is 4.37. The maximum Gasteiger partial charge on any atom is 0.120 e. The Kier molecular flexibility index (Phi) is 5.67. The minimum Gasteiger partial charge on any atom is -0.489 e. The third-order valence-corrected chi connectivity index (χ3v) is 3.17. The van der Waals surface area contributed by atoms with Gasteiger partial charge in [-0.1, -0.05) is 13.0 Å². The molecule has 2 rings (SSSR count). The molecule has 0 bridgehead atoms. The van der Waals surface area contributed by atoms with Crippen LogP contribution in [0.5, 0.6) is 5.75 Å². The average molecular weight is 293 g/mol. The molecule has 2 aromatic rings. The smallest absolute Gasteiger partial charge is 0.120 e. The third kappa shape index (κ3) is 4.42. The predicted molar refractivity (Wildman–Crippen MR) is 87.4 cm³/mol. The van der Waals surface area contributed by atoms with Crippen LogP contribution in [0, 0.1) is 18.3 Å². The van der Waals surface area contributed by atoms with E-state index in [2.05, 4.69) is 16.0 Å². The van der Waals surface area contributed by atoms with Gasteiger partial charge in [0.2, 0.25) is 0 Å². The Morgan fingerprint density at radius 1 is 1.36 bits per heavy atom. The number of rotatable bonds is 6. The maximum atomic E-state index is 9.06. The number of hydrogen-bond donors (Lipinski definition) is 0. The highest BCUT2D eigenvalue weighted by molar-refractivity contribution is 6.00. The first-order chi connectivity index (χ1) is 10.7. The lowest BCUT2D eigenvalue weighted by Gasteiger charge is -2.08. The van der Waals surface area contributed by atoms with E-state index in [0.717, 1.165) is 29.0 Å². The summed E-state index contributed by atoms with van der Waals surface area (Å²) < 4.78 is 5.75. The van der Waals surface area contributed by atoms with Crippen molar-refractivity contribution >= 4 is 11.4 Å². The van der Waals surface area contributed by atoms with Crippen molar-refractivity contribution in [1.82, 2.24) is 4.98 Å². The number of benzene rings is 1. The molecule has 0 unspecified atom stereocenters. The lowest BCUT2D eigenvalue weighted by Crippen LogP contribution is -1.96. The lowest BCUT2D eigenvalue weighted by atomic mass is 10.1. The van der Waals surface area contributed by atoms with Gasteiger partial charge in [-0.15, -0.1) is 0 Å². The van der Waals surface area contributed by atoms with Gasteiger partial charge in [0.05, 0.1) is 5.69 Å². The topological polar surface area (TPSA) is 58.3 Å². The third-order valence-electron chi connectivity index (χ3n) is 3.17. The molecule has 0 atom stereocenters. The van der Waals surface area contributed by atoms with Crippen molar-refractivity contribution in [1.29, 1.82) is 5.26 Å². The highest BCUT2D eigenvalue weighted by Gasteiger charge is 2.03. The Balaban J connectivity index is 2.08. The van der Waals surface area contributed by atoms with Gasteiger partial charge in [0.1, 0.15) is 24.1 Å². The van der Waals surface area contributed by atoms with E-state index in [-0.39, 0.29) is 0 Å². The van der Waals surface area contributed by atoms with E-state index >= 15 is 0 Å². The molecule has 0 N–H and O–H groups in total. The molecule has 0 radical (unpaired) electrons. The fourth-order valence-corrected chi connectivity index (χ4v) is 2.01. The second-order valence-corrected chi connectivity index (χ2v) is 5.02. The van der Waals surface area contributed by atoms with Gasteiger partial charge in [-0.2, -0.15) is 5.26 Å². The Bertz CT molecular complexity index is 687. The summed E-state index contributed by atoms with van der Waals surface area (Å²) in [5, 5.41) is 9.06. The molecule has 0 aliphatic carbocycles. The standard InChI is InChI=1S/C18H19N3O/c1-3-5-16(11-19)21-18-8-7-17(10-14(18)2)22-13-15-6-4-9-20-12-15/h4,6-10,12H,3,5,13H2,1-2H3/b21-16+. The van der Waals surface area contributed by atoms with Crippen molar-refractivity contribution in [3.05, 3.63) is 53.9 Å². The summed E-state index contributed by atoms with van der Waals surface area (Å²) in [6, 6.07) is 11.7. The SMILES string of the molecule is CCC/C(C#N)=N\c1ccc(OCc2cccnc2)cc1C. The van der Waals surface area contributed by atoms with Crippen LogP contribution in [-0.4, -0.2) is 10.7 Å². The van der Waals surface area contributed by atoms with Gasteiger partial charge in [0.25, 0.3) is 0 Å². The maximum absolute atomic E-state index is 9.06. The second kappa shape index (κ2) is 7.94. The quantitative estimate of drug-likeness (QED) is 0.743. The number of aromatic nitrogens is 1. The molecule has 0 aliphatic rings. The zero-order chi connectivity index (χ0) is 15.8. The Labute approximate surface area is 131 Å². The zero-order valence-electron chi connectivity index (χ0n) is 12.9. The number of hydrogen-bond acceptors (Lipinski definition) is 4. The van der Waals surface area contributed by atoms with Crippen molar-refractivity contribution < 1.29 is 4.74 Å². The summed E-state index contributed by atoms with van der Waals surface area (Å²) in [6.07, 6.45) is 5.14. The Hall–Kier alpha value is -2.67. The lowest BCUT2D eigenvalue weighted by molar-refractivity contribution is 0.305. The molecular weight excluding hydrogens is 274 g/mol. The van der Waals surface area contributed by atoms with Crippen LogP contribution in [-0.2, 0) is 6.61 Å². The van der Waals surface area contributed by atoms with Gasteiger partial charge in [0, 0.05) is 18.0 Å². The molecule has 112 valence electrons. The molecule has 0 amide bonds. The number of nitriles is 1. The fourth-order valence-electron chi connectivity index (χ4n) is 2.01. The molecule has 4 heteroatoms. The Morgan fingerprint density at radius 3 is 2.86 bits per heavy atom. The van der Waals surface area contributed by atoms with Crippen LogP contribution in [0.15, 0.2) is 47.7 Å². The largest absolute Gasteiger partial charge is 0.489 e.